The Balaban J connectivity index is 1.61. The molecule has 0 aliphatic carbocycles. The first-order chi connectivity index (χ1) is 11.6. The molecule has 0 fully saturated rings. The first kappa shape index (κ1) is 15.7. The molecule has 1 atom stereocenters. The monoisotopic (exact) mass is 324 g/mol. The maximum atomic E-state index is 12.1. The summed E-state index contributed by atoms with van der Waals surface area (Å²) in [6, 6.07) is 14.3. The summed E-state index contributed by atoms with van der Waals surface area (Å²) >= 11 is 0. The SMILES string of the molecule is Cc1cccc(O[C@H](C)C(=O)Oc2ccc(-c3nnco3)cc2)c1. The van der Waals surface area contributed by atoms with Gasteiger partial charge in [-0.05, 0) is 55.8 Å². The fourth-order valence-corrected chi connectivity index (χ4v) is 2.10. The number of rotatable bonds is 5. The molecule has 0 saturated carbocycles. The first-order valence-corrected chi connectivity index (χ1v) is 7.43. The third-order valence-electron chi connectivity index (χ3n) is 3.31. The highest BCUT2D eigenvalue weighted by molar-refractivity contribution is 5.77. The Kier molecular flexibility index (Phi) is 4.56. The van der Waals surface area contributed by atoms with Crippen molar-refractivity contribution in [3.63, 3.8) is 0 Å². The molecule has 0 amide bonds. The quantitative estimate of drug-likeness (QED) is 0.529. The number of aryl methyl sites for hydroxylation is 1. The molecule has 0 aliphatic rings. The number of hydrogen-bond donors (Lipinski definition) is 0. The lowest BCUT2D eigenvalue weighted by Crippen LogP contribution is -2.28. The third kappa shape index (κ3) is 3.78. The summed E-state index contributed by atoms with van der Waals surface area (Å²) in [6.07, 6.45) is 0.538. The van der Waals surface area contributed by atoms with E-state index in [1.165, 1.54) is 6.39 Å². The summed E-state index contributed by atoms with van der Waals surface area (Å²) in [4.78, 5) is 12.1. The van der Waals surface area contributed by atoms with Crippen molar-refractivity contribution < 1.29 is 18.7 Å². The number of aromatic nitrogens is 2. The molecule has 6 nitrogen and oxygen atoms in total. The van der Waals surface area contributed by atoms with Crippen LogP contribution in [0.3, 0.4) is 0 Å². The van der Waals surface area contributed by atoms with Crippen molar-refractivity contribution in [2.45, 2.75) is 20.0 Å². The fourth-order valence-electron chi connectivity index (χ4n) is 2.10. The summed E-state index contributed by atoms with van der Waals surface area (Å²) in [5.74, 6) is 0.986. The van der Waals surface area contributed by atoms with Crippen molar-refractivity contribution in [1.82, 2.24) is 10.2 Å². The van der Waals surface area contributed by atoms with Crippen LogP contribution in [0.5, 0.6) is 11.5 Å². The van der Waals surface area contributed by atoms with Gasteiger partial charge in [0.1, 0.15) is 11.5 Å². The van der Waals surface area contributed by atoms with Crippen molar-refractivity contribution >= 4 is 5.97 Å². The topological polar surface area (TPSA) is 74.5 Å². The van der Waals surface area contributed by atoms with E-state index in [1.807, 2.05) is 25.1 Å². The van der Waals surface area contributed by atoms with E-state index in [4.69, 9.17) is 13.9 Å². The van der Waals surface area contributed by atoms with E-state index in [-0.39, 0.29) is 0 Å². The summed E-state index contributed by atoms with van der Waals surface area (Å²) in [5, 5.41) is 7.43. The molecule has 122 valence electrons. The second kappa shape index (κ2) is 6.95. The second-order valence-electron chi connectivity index (χ2n) is 5.27. The van der Waals surface area contributed by atoms with E-state index < -0.39 is 12.1 Å². The molecule has 1 heterocycles. The highest BCUT2D eigenvalue weighted by Crippen LogP contribution is 2.21. The van der Waals surface area contributed by atoms with Crippen LogP contribution in [0.2, 0.25) is 0 Å². The number of ether oxygens (including phenoxy) is 2. The standard InChI is InChI=1S/C18H16N2O4/c1-12-4-3-5-16(10-12)23-13(2)18(21)24-15-8-6-14(7-9-15)17-20-19-11-22-17/h3-11,13H,1-2H3/t13-/m1/s1. The predicted octanol–water partition coefficient (Wildman–Crippen LogP) is 3.42. The maximum Gasteiger partial charge on any atom is 0.352 e. The van der Waals surface area contributed by atoms with Crippen molar-refractivity contribution in [3.8, 4) is 23.0 Å². The third-order valence-corrected chi connectivity index (χ3v) is 3.31. The van der Waals surface area contributed by atoms with Crippen molar-refractivity contribution in [3.05, 3.63) is 60.5 Å². The van der Waals surface area contributed by atoms with Crippen LogP contribution >= 0.6 is 0 Å². The molecule has 0 unspecified atom stereocenters. The average Bonchev–Trinajstić information content (AvgIpc) is 3.10. The molecule has 0 spiro atoms. The summed E-state index contributed by atoms with van der Waals surface area (Å²) in [7, 11) is 0. The molecule has 3 rings (SSSR count). The largest absolute Gasteiger partial charge is 0.479 e. The lowest BCUT2D eigenvalue weighted by molar-refractivity contribution is -0.141. The normalized spacial score (nSPS) is 11.8. The Morgan fingerprint density at radius 3 is 2.58 bits per heavy atom. The zero-order valence-electron chi connectivity index (χ0n) is 13.3. The van der Waals surface area contributed by atoms with Crippen LogP contribution in [0, 0.1) is 6.92 Å². The maximum absolute atomic E-state index is 12.1. The summed E-state index contributed by atoms with van der Waals surface area (Å²) in [6.45, 7) is 3.61. The van der Waals surface area contributed by atoms with Crippen molar-refractivity contribution in [2.24, 2.45) is 0 Å². The summed E-state index contributed by atoms with van der Waals surface area (Å²) < 4.78 is 16.0. The van der Waals surface area contributed by atoms with E-state index in [0.717, 1.165) is 11.1 Å². The number of benzene rings is 2. The number of esters is 1. The molecule has 0 radical (unpaired) electrons. The van der Waals surface area contributed by atoms with Gasteiger partial charge in [0, 0.05) is 5.56 Å². The molecule has 0 bridgehead atoms. The Morgan fingerprint density at radius 1 is 1.12 bits per heavy atom. The average molecular weight is 324 g/mol. The van der Waals surface area contributed by atoms with Crippen LogP contribution in [0.15, 0.2) is 59.3 Å². The lowest BCUT2D eigenvalue weighted by atomic mass is 10.2. The number of carbonyl (C=O) groups excluding carboxylic acids is 1. The van der Waals surface area contributed by atoms with Crippen LogP contribution in [0.4, 0.5) is 0 Å². The number of hydrogen-bond acceptors (Lipinski definition) is 6. The second-order valence-corrected chi connectivity index (χ2v) is 5.27. The molecule has 24 heavy (non-hydrogen) atoms. The number of nitrogens with zero attached hydrogens (tertiary/aromatic N) is 2. The van der Waals surface area contributed by atoms with Crippen LogP contribution in [0.25, 0.3) is 11.5 Å². The molecule has 2 aromatic carbocycles. The molecule has 0 saturated heterocycles. The van der Waals surface area contributed by atoms with Gasteiger partial charge in [0.15, 0.2) is 6.10 Å². The van der Waals surface area contributed by atoms with Gasteiger partial charge < -0.3 is 13.9 Å². The molecule has 3 aromatic rings. The van der Waals surface area contributed by atoms with Crippen LogP contribution < -0.4 is 9.47 Å². The van der Waals surface area contributed by atoms with E-state index in [1.54, 1.807) is 37.3 Å². The highest BCUT2D eigenvalue weighted by atomic mass is 16.6. The van der Waals surface area contributed by atoms with Crippen molar-refractivity contribution in [2.75, 3.05) is 0 Å². The van der Waals surface area contributed by atoms with Gasteiger partial charge in [-0.1, -0.05) is 12.1 Å². The minimum atomic E-state index is -0.720. The van der Waals surface area contributed by atoms with Gasteiger partial charge in [0.2, 0.25) is 12.3 Å². The molecule has 0 aliphatic heterocycles. The smallest absolute Gasteiger partial charge is 0.352 e. The van der Waals surface area contributed by atoms with E-state index in [2.05, 4.69) is 10.2 Å². The van der Waals surface area contributed by atoms with Crippen LogP contribution in [-0.4, -0.2) is 22.3 Å². The van der Waals surface area contributed by atoms with Gasteiger partial charge in [-0.15, -0.1) is 10.2 Å². The molecular weight excluding hydrogens is 308 g/mol. The Bertz CT molecular complexity index is 813. The lowest BCUT2D eigenvalue weighted by Gasteiger charge is -2.14. The molecule has 0 N–H and O–H groups in total. The van der Waals surface area contributed by atoms with Gasteiger partial charge in [-0.2, -0.15) is 0 Å². The van der Waals surface area contributed by atoms with E-state index in [0.29, 0.717) is 17.4 Å². The zero-order chi connectivity index (χ0) is 16.9. The number of carbonyl (C=O) groups is 1. The summed E-state index contributed by atoms with van der Waals surface area (Å²) in [5.41, 5.74) is 1.81. The van der Waals surface area contributed by atoms with Gasteiger partial charge in [0.25, 0.3) is 0 Å². The van der Waals surface area contributed by atoms with Crippen molar-refractivity contribution in [1.29, 1.82) is 0 Å². The molecule has 6 heteroatoms. The Hall–Kier alpha value is -3.15. The van der Waals surface area contributed by atoms with Gasteiger partial charge in [-0.3, -0.25) is 0 Å². The molecular formula is C18H16N2O4. The van der Waals surface area contributed by atoms with Gasteiger partial charge in [0.05, 0.1) is 0 Å². The van der Waals surface area contributed by atoms with Gasteiger partial charge >= 0.3 is 5.97 Å². The minimum Gasteiger partial charge on any atom is -0.479 e. The van der Waals surface area contributed by atoms with Crippen LogP contribution in [0.1, 0.15) is 12.5 Å². The first-order valence-electron chi connectivity index (χ1n) is 7.43. The van der Waals surface area contributed by atoms with E-state index in [9.17, 15) is 4.79 Å². The Morgan fingerprint density at radius 2 is 1.92 bits per heavy atom. The Labute approximate surface area is 139 Å². The fraction of sp³-hybridized carbons (Fsp3) is 0.167. The highest BCUT2D eigenvalue weighted by Gasteiger charge is 2.17. The minimum absolute atomic E-state index is 0.407. The van der Waals surface area contributed by atoms with E-state index >= 15 is 0 Å². The molecule has 1 aromatic heterocycles. The predicted molar refractivity (Wildman–Crippen MR) is 86.6 cm³/mol. The zero-order valence-corrected chi connectivity index (χ0v) is 13.3. The van der Waals surface area contributed by atoms with Crippen LogP contribution in [-0.2, 0) is 4.79 Å². The van der Waals surface area contributed by atoms with Gasteiger partial charge in [-0.25, -0.2) is 4.79 Å².